The molecule has 1 heterocycles. The maximum Gasteiger partial charge on any atom is 0.253 e. The van der Waals surface area contributed by atoms with Crippen molar-refractivity contribution in [2.75, 3.05) is 40.3 Å². The molecule has 1 aromatic heterocycles. The molecule has 0 amide bonds. The zero-order chi connectivity index (χ0) is 19.1. The molecule has 0 aliphatic carbocycles. The van der Waals surface area contributed by atoms with Gasteiger partial charge in [0, 0.05) is 36.1 Å². The van der Waals surface area contributed by atoms with Crippen molar-refractivity contribution in [2.45, 2.75) is 20.4 Å². The monoisotopic (exact) mass is 376 g/mol. The van der Waals surface area contributed by atoms with E-state index in [0.29, 0.717) is 23.8 Å². The number of benzene rings is 1. The zero-order valence-electron chi connectivity index (χ0n) is 16.0. The van der Waals surface area contributed by atoms with Gasteiger partial charge in [0.2, 0.25) is 0 Å². The Labute approximate surface area is 160 Å². The number of ether oxygens (including phenoxy) is 1. The molecule has 0 aliphatic rings. The molecule has 0 atom stereocenters. The Balaban J connectivity index is 2.30. The van der Waals surface area contributed by atoms with Crippen molar-refractivity contribution in [2.24, 2.45) is 0 Å². The summed E-state index contributed by atoms with van der Waals surface area (Å²) in [5, 5.41) is 4.79. The second kappa shape index (κ2) is 9.54. The van der Waals surface area contributed by atoms with Crippen LogP contribution in [0.2, 0.25) is 0 Å². The van der Waals surface area contributed by atoms with E-state index in [0.717, 1.165) is 36.3 Å². The first-order valence-electron chi connectivity index (χ1n) is 8.90. The highest BCUT2D eigenvalue weighted by Crippen LogP contribution is 2.19. The van der Waals surface area contributed by atoms with Crippen LogP contribution in [0.3, 0.4) is 0 Å². The predicted octanol–water partition coefficient (Wildman–Crippen LogP) is 2.18. The van der Waals surface area contributed by atoms with E-state index in [2.05, 4.69) is 15.2 Å². The fraction of sp³-hybridized carbons (Fsp3) is 0.474. The molecule has 0 saturated heterocycles. The van der Waals surface area contributed by atoms with Gasteiger partial charge in [-0.15, -0.1) is 0 Å². The Morgan fingerprint density at radius 2 is 2.00 bits per heavy atom. The standard InChI is InChI=1S/C19H28N4O2S/c1-5-20-19(26)23(10-9-22(3)4)13-15-11-14-12-16(25-6-2)7-8-17(14)21-18(15)24/h7-8,11-12H,5-6,9-10,13H2,1-4H3,(H,20,26)(H,21,24). The maximum absolute atomic E-state index is 12.5. The third kappa shape index (κ3) is 5.44. The Morgan fingerprint density at radius 1 is 1.23 bits per heavy atom. The van der Waals surface area contributed by atoms with Gasteiger partial charge >= 0.3 is 0 Å². The van der Waals surface area contributed by atoms with Crippen molar-refractivity contribution in [3.8, 4) is 5.75 Å². The van der Waals surface area contributed by atoms with Gasteiger partial charge in [-0.25, -0.2) is 0 Å². The summed E-state index contributed by atoms with van der Waals surface area (Å²) in [6.07, 6.45) is 0. The summed E-state index contributed by atoms with van der Waals surface area (Å²) in [4.78, 5) is 19.6. The molecule has 2 aromatic rings. The number of pyridine rings is 1. The van der Waals surface area contributed by atoms with Gasteiger partial charge in [0.25, 0.3) is 5.56 Å². The predicted molar refractivity (Wildman–Crippen MR) is 111 cm³/mol. The molecule has 2 rings (SSSR count). The van der Waals surface area contributed by atoms with Gasteiger partial charge in [0.1, 0.15) is 5.75 Å². The van der Waals surface area contributed by atoms with E-state index in [4.69, 9.17) is 17.0 Å². The minimum Gasteiger partial charge on any atom is -0.494 e. The molecular weight excluding hydrogens is 348 g/mol. The summed E-state index contributed by atoms with van der Waals surface area (Å²) in [6, 6.07) is 7.61. The Bertz CT molecular complexity index is 804. The second-order valence-corrected chi connectivity index (χ2v) is 6.75. The van der Waals surface area contributed by atoms with Crippen LogP contribution in [0, 0.1) is 0 Å². The van der Waals surface area contributed by atoms with Crippen molar-refractivity contribution in [3.05, 3.63) is 40.2 Å². The Hall–Kier alpha value is -2.12. The van der Waals surface area contributed by atoms with Crippen LogP contribution < -0.4 is 15.6 Å². The number of aromatic nitrogens is 1. The van der Waals surface area contributed by atoms with E-state index in [1.54, 1.807) is 0 Å². The van der Waals surface area contributed by atoms with Crippen molar-refractivity contribution < 1.29 is 4.74 Å². The van der Waals surface area contributed by atoms with E-state index in [1.165, 1.54) is 0 Å². The fourth-order valence-corrected chi connectivity index (χ4v) is 2.95. The average molecular weight is 377 g/mol. The number of fused-ring (bicyclic) bond motifs is 1. The topological polar surface area (TPSA) is 60.6 Å². The number of thiocarbonyl (C=S) groups is 1. The van der Waals surface area contributed by atoms with Crippen LogP contribution in [0.25, 0.3) is 10.9 Å². The molecule has 0 bridgehead atoms. The highest BCUT2D eigenvalue weighted by Gasteiger charge is 2.13. The number of aromatic amines is 1. The van der Waals surface area contributed by atoms with Crippen molar-refractivity contribution in [3.63, 3.8) is 0 Å². The van der Waals surface area contributed by atoms with Crippen LogP contribution in [0.4, 0.5) is 0 Å². The van der Waals surface area contributed by atoms with Crippen LogP contribution >= 0.6 is 12.2 Å². The highest BCUT2D eigenvalue weighted by atomic mass is 32.1. The molecule has 2 N–H and O–H groups in total. The lowest BCUT2D eigenvalue weighted by atomic mass is 10.1. The first-order valence-corrected chi connectivity index (χ1v) is 9.31. The molecule has 6 nitrogen and oxygen atoms in total. The molecule has 0 radical (unpaired) electrons. The molecule has 1 aromatic carbocycles. The minimum absolute atomic E-state index is 0.0872. The lowest BCUT2D eigenvalue weighted by molar-refractivity contribution is 0.322. The van der Waals surface area contributed by atoms with E-state index < -0.39 is 0 Å². The largest absolute Gasteiger partial charge is 0.494 e. The number of rotatable bonds is 8. The van der Waals surface area contributed by atoms with Gasteiger partial charge < -0.3 is 24.8 Å². The summed E-state index contributed by atoms with van der Waals surface area (Å²) >= 11 is 5.48. The Kier molecular flexibility index (Phi) is 7.41. The summed E-state index contributed by atoms with van der Waals surface area (Å²) in [5.74, 6) is 0.797. The van der Waals surface area contributed by atoms with Crippen molar-refractivity contribution in [1.82, 2.24) is 20.1 Å². The number of H-pyrrole nitrogens is 1. The highest BCUT2D eigenvalue weighted by molar-refractivity contribution is 7.80. The first-order chi connectivity index (χ1) is 12.4. The maximum atomic E-state index is 12.5. The molecule has 26 heavy (non-hydrogen) atoms. The van der Waals surface area contributed by atoms with Gasteiger partial charge in [0.05, 0.1) is 13.2 Å². The molecule has 0 spiro atoms. The Morgan fingerprint density at radius 3 is 2.65 bits per heavy atom. The van der Waals surface area contributed by atoms with Gasteiger partial charge in [-0.1, -0.05) is 0 Å². The lowest BCUT2D eigenvalue weighted by Gasteiger charge is -2.27. The van der Waals surface area contributed by atoms with Crippen molar-refractivity contribution in [1.29, 1.82) is 0 Å². The molecule has 142 valence electrons. The van der Waals surface area contributed by atoms with Gasteiger partial charge in [-0.3, -0.25) is 4.79 Å². The number of hydrogen-bond acceptors (Lipinski definition) is 4. The van der Waals surface area contributed by atoms with Crippen LogP contribution in [-0.4, -0.2) is 60.2 Å². The summed E-state index contributed by atoms with van der Waals surface area (Å²) in [5.41, 5.74) is 1.40. The van der Waals surface area contributed by atoms with Gasteiger partial charge in [-0.05, 0) is 64.4 Å². The van der Waals surface area contributed by atoms with Gasteiger partial charge in [0.15, 0.2) is 5.11 Å². The first kappa shape index (κ1) is 20.2. The van der Waals surface area contributed by atoms with Crippen LogP contribution in [0.5, 0.6) is 5.75 Å². The van der Waals surface area contributed by atoms with E-state index in [1.807, 2.05) is 57.1 Å². The van der Waals surface area contributed by atoms with Gasteiger partial charge in [-0.2, -0.15) is 0 Å². The third-order valence-corrected chi connectivity index (χ3v) is 4.40. The number of nitrogens with one attached hydrogen (secondary N) is 2. The zero-order valence-corrected chi connectivity index (χ0v) is 16.8. The molecule has 0 saturated carbocycles. The number of hydrogen-bond donors (Lipinski definition) is 2. The van der Waals surface area contributed by atoms with Crippen LogP contribution in [0.1, 0.15) is 19.4 Å². The normalized spacial score (nSPS) is 11.0. The molecule has 0 fully saturated rings. The summed E-state index contributed by atoms with van der Waals surface area (Å²) in [6.45, 7) is 7.38. The lowest BCUT2D eigenvalue weighted by Crippen LogP contribution is -2.43. The molecular formula is C19H28N4O2S. The van der Waals surface area contributed by atoms with E-state index >= 15 is 0 Å². The smallest absolute Gasteiger partial charge is 0.253 e. The summed E-state index contributed by atoms with van der Waals surface area (Å²) < 4.78 is 5.56. The SMILES string of the molecule is CCNC(=S)N(CCN(C)C)Cc1cc2cc(OCC)ccc2[nH]c1=O. The van der Waals surface area contributed by atoms with E-state index in [-0.39, 0.29) is 5.56 Å². The minimum atomic E-state index is -0.0872. The average Bonchev–Trinajstić information content (AvgIpc) is 2.59. The van der Waals surface area contributed by atoms with Crippen LogP contribution in [0.15, 0.2) is 29.1 Å². The quantitative estimate of drug-likeness (QED) is 0.689. The molecule has 0 unspecified atom stereocenters. The third-order valence-electron chi connectivity index (χ3n) is 4.00. The molecule has 7 heteroatoms. The van der Waals surface area contributed by atoms with E-state index in [9.17, 15) is 4.79 Å². The number of likely N-dealkylation sites (N-methyl/N-ethyl adjacent to an activating group) is 1. The van der Waals surface area contributed by atoms with Crippen molar-refractivity contribution >= 4 is 28.2 Å². The number of nitrogens with zero attached hydrogens (tertiary/aromatic N) is 2. The molecule has 0 aliphatic heterocycles. The summed E-state index contributed by atoms with van der Waals surface area (Å²) in [7, 11) is 4.04. The van der Waals surface area contributed by atoms with Crippen LogP contribution in [-0.2, 0) is 6.54 Å². The fourth-order valence-electron chi connectivity index (χ4n) is 2.65. The second-order valence-electron chi connectivity index (χ2n) is 6.37.